The van der Waals surface area contributed by atoms with Gasteiger partial charge < -0.3 is 5.11 Å². The van der Waals surface area contributed by atoms with Gasteiger partial charge in [0.2, 0.25) is 0 Å². The fraction of sp³-hybridized carbons (Fsp3) is 0.769. The highest BCUT2D eigenvalue weighted by atomic mass is 16.4. The highest BCUT2D eigenvalue weighted by molar-refractivity contribution is 5.66. The number of hydrogen-bond acceptors (Lipinski definition) is 1. The Kier molecular flexibility index (Phi) is 10.7. The first-order valence-electron chi connectivity index (χ1n) is 6.14. The van der Waals surface area contributed by atoms with Crippen molar-refractivity contribution in [2.45, 2.75) is 64.7 Å². The van der Waals surface area contributed by atoms with Crippen LogP contribution in [0.4, 0.5) is 0 Å². The third-order valence-electron chi connectivity index (χ3n) is 2.40. The summed E-state index contributed by atoms with van der Waals surface area (Å²) in [5, 5.41) is 8.41. The summed E-state index contributed by atoms with van der Waals surface area (Å²) in [6.45, 7) is 2.22. The Morgan fingerprint density at radius 3 is 2.20 bits per heavy atom. The van der Waals surface area contributed by atoms with Crippen LogP contribution in [0.1, 0.15) is 64.7 Å². The first-order chi connectivity index (χ1) is 7.27. The van der Waals surface area contributed by atoms with Crippen LogP contribution >= 0.6 is 0 Å². The molecule has 0 heterocycles. The first kappa shape index (κ1) is 14.2. The predicted molar refractivity (Wildman–Crippen MR) is 64.0 cm³/mol. The normalized spacial score (nSPS) is 11.0. The van der Waals surface area contributed by atoms with E-state index in [2.05, 4.69) is 19.1 Å². The molecule has 2 heteroatoms. The lowest BCUT2D eigenvalue weighted by Crippen LogP contribution is -1.92. The molecule has 0 aliphatic heterocycles. The third kappa shape index (κ3) is 13.2. The zero-order valence-corrected chi connectivity index (χ0v) is 9.87. The Balaban J connectivity index is 3.07. The average Bonchev–Trinajstić information content (AvgIpc) is 2.20. The molecule has 2 nitrogen and oxygen atoms in total. The summed E-state index contributed by atoms with van der Waals surface area (Å²) in [6, 6.07) is 0. The molecule has 15 heavy (non-hydrogen) atoms. The Morgan fingerprint density at radius 1 is 1.00 bits per heavy atom. The molecule has 0 saturated heterocycles. The number of carbonyl (C=O) groups is 1. The van der Waals surface area contributed by atoms with Gasteiger partial charge in [-0.25, -0.2) is 0 Å². The molecule has 0 unspecified atom stereocenters. The lowest BCUT2D eigenvalue weighted by atomic mass is 10.1. The molecule has 0 saturated carbocycles. The van der Waals surface area contributed by atoms with E-state index in [9.17, 15) is 4.79 Å². The molecule has 88 valence electrons. The fourth-order valence-corrected chi connectivity index (χ4v) is 1.47. The van der Waals surface area contributed by atoms with E-state index in [0.29, 0.717) is 6.42 Å². The van der Waals surface area contributed by atoms with Gasteiger partial charge in [-0.3, -0.25) is 4.79 Å². The molecule has 1 N–H and O–H groups in total. The highest BCUT2D eigenvalue weighted by Gasteiger charge is 1.93. The standard InChI is InChI=1S/C13H24O2/c1-2-3-4-5-6-7-8-9-10-11-12-13(14)15/h8-9H,2-7,10-12H2,1H3,(H,14,15)/b9-8+. The minimum atomic E-state index is -0.692. The van der Waals surface area contributed by atoms with E-state index in [4.69, 9.17) is 5.11 Å². The van der Waals surface area contributed by atoms with Crippen molar-refractivity contribution in [2.24, 2.45) is 0 Å². The van der Waals surface area contributed by atoms with E-state index in [1.807, 2.05) is 0 Å². The minimum absolute atomic E-state index is 0.292. The number of rotatable bonds is 10. The van der Waals surface area contributed by atoms with Gasteiger partial charge in [0, 0.05) is 6.42 Å². The van der Waals surface area contributed by atoms with Gasteiger partial charge in [-0.2, -0.15) is 0 Å². The van der Waals surface area contributed by atoms with E-state index in [-0.39, 0.29) is 0 Å². The zero-order valence-electron chi connectivity index (χ0n) is 9.87. The number of unbranched alkanes of at least 4 members (excludes halogenated alkanes) is 6. The number of carboxylic acid groups (broad SMARTS) is 1. The second-order valence-electron chi connectivity index (χ2n) is 3.96. The maximum atomic E-state index is 10.2. The van der Waals surface area contributed by atoms with Crippen LogP contribution in [-0.2, 0) is 4.79 Å². The van der Waals surface area contributed by atoms with Crippen LogP contribution in [0.2, 0.25) is 0 Å². The van der Waals surface area contributed by atoms with Gasteiger partial charge in [0.1, 0.15) is 0 Å². The zero-order chi connectivity index (χ0) is 11.4. The molecule has 0 aromatic heterocycles. The molecule has 0 fully saturated rings. The maximum absolute atomic E-state index is 10.2. The summed E-state index contributed by atoms with van der Waals surface area (Å²) in [7, 11) is 0. The van der Waals surface area contributed by atoms with Crippen molar-refractivity contribution in [2.75, 3.05) is 0 Å². The second-order valence-corrected chi connectivity index (χ2v) is 3.96. The van der Waals surface area contributed by atoms with Crippen LogP contribution in [0.3, 0.4) is 0 Å². The summed E-state index contributed by atoms with van der Waals surface area (Å²) < 4.78 is 0. The van der Waals surface area contributed by atoms with Crippen molar-refractivity contribution in [3.05, 3.63) is 12.2 Å². The highest BCUT2D eigenvalue weighted by Crippen LogP contribution is 2.06. The Labute approximate surface area is 93.4 Å². The van der Waals surface area contributed by atoms with Crippen molar-refractivity contribution in [3.8, 4) is 0 Å². The van der Waals surface area contributed by atoms with Crippen LogP contribution in [0.15, 0.2) is 12.2 Å². The second kappa shape index (κ2) is 11.3. The van der Waals surface area contributed by atoms with Crippen molar-refractivity contribution in [3.63, 3.8) is 0 Å². The largest absolute Gasteiger partial charge is 0.481 e. The molecule has 0 aliphatic carbocycles. The predicted octanol–water partition coefficient (Wildman–Crippen LogP) is 4.16. The molecular formula is C13H24O2. The molecule has 0 rings (SSSR count). The SMILES string of the molecule is CCCCCCC/C=C/CCCC(=O)O. The van der Waals surface area contributed by atoms with Gasteiger partial charge in [-0.05, 0) is 25.7 Å². The minimum Gasteiger partial charge on any atom is -0.481 e. The average molecular weight is 212 g/mol. The van der Waals surface area contributed by atoms with E-state index in [0.717, 1.165) is 19.3 Å². The smallest absolute Gasteiger partial charge is 0.303 e. The number of aliphatic carboxylic acids is 1. The van der Waals surface area contributed by atoms with Crippen LogP contribution < -0.4 is 0 Å². The summed E-state index contributed by atoms with van der Waals surface area (Å²) >= 11 is 0. The van der Waals surface area contributed by atoms with Crippen LogP contribution in [0.25, 0.3) is 0 Å². The Morgan fingerprint density at radius 2 is 1.60 bits per heavy atom. The van der Waals surface area contributed by atoms with Gasteiger partial charge >= 0.3 is 5.97 Å². The quantitative estimate of drug-likeness (QED) is 0.436. The van der Waals surface area contributed by atoms with Gasteiger partial charge in [-0.1, -0.05) is 44.8 Å². The molecule has 0 spiro atoms. The van der Waals surface area contributed by atoms with Crippen LogP contribution in [0.5, 0.6) is 0 Å². The molecule has 0 radical (unpaired) electrons. The lowest BCUT2D eigenvalue weighted by molar-refractivity contribution is -0.137. The van der Waals surface area contributed by atoms with E-state index in [1.165, 1.54) is 32.1 Å². The Bertz CT molecular complexity index is 173. The van der Waals surface area contributed by atoms with Gasteiger partial charge in [-0.15, -0.1) is 0 Å². The van der Waals surface area contributed by atoms with Crippen molar-refractivity contribution in [1.29, 1.82) is 0 Å². The third-order valence-corrected chi connectivity index (χ3v) is 2.40. The number of carboxylic acids is 1. The summed E-state index contributed by atoms with van der Waals surface area (Å²) in [4.78, 5) is 10.2. The molecule has 0 aliphatic rings. The van der Waals surface area contributed by atoms with Crippen molar-refractivity contribution in [1.82, 2.24) is 0 Å². The molecule has 0 amide bonds. The molecule has 0 atom stereocenters. The van der Waals surface area contributed by atoms with Gasteiger partial charge in [0.15, 0.2) is 0 Å². The lowest BCUT2D eigenvalue weighted by Gasteiger charge is -1.96. The van der Waals surface area contributed by atoms with Gasteiger partial charge in [0.25, 0.3) is 0 Å². The van der Waals surface area contributed by atoms with Crippen LogP contribution in [0, 0.1) is 0 Å². The van der Waals surface area contributed by atoms with Gasteiger partial charge in [0.05, 0.1) is 0 Å². The molecule has 0 bridgehead atoms. The van der Waals surface area contributed by atoms with E-state index in [1.54, 1.807) is 0 Å². The topological polar surface area (TPSA) is 37.3 Å². The molecule has 0 aromatic carbocycles. The Hall–Kier alpha value is -0.790. The maximum Gasteiger partial charge on any atom is 0.303 e. The fourth-order valence-electron chi connectivity index (χ4n) is 1.47. The number of hydrogen-bond donors (Lipinski definition) is 1. The number of allylic oxidation sites excluding steroid dienone is 2. The van der Waals surface area contributed by atoms with E-state index >= 15 is 0 Å². The monoisotopic (exact) mass is 212 g/mol. The van der Waals surface area contributed by atoms with Crippen molar-refractivity contribution < 1.29 is 9.90 Å². The summed E-state index contributed by atoms with van der Waals surface area (Å²) in [6.07, 6.45) is 14.0. The first-order valence-corrected chi connectivity index (χ1v) is 6.14. The molecular weight excluding hydrogens is 188 g/mol. The summed E-state index contributed by atoms with van der Waals surface area (Å²) in [5.74, 6) is -0.692. The molecule has 0 aromatic rings. The van der Waals surface area contributed by atoms with E-state index < -0.39 is 5.97 Å². The van der Waals surface area contributed by atoms with Crippen molar-refractivity contribution >= 4 is 5.97 Å². The summed E-state index contributed by atoms with van der Waals surface area (Å²) in [5.41, 5.74) is 0. The van der Waals surface area contributed by atoms with Crippen LogP contribution in [-0.4, -0.2) is 11.1 Å².